The number of amides is 1. The predicted octanol–water partition coefficient (Wildman–Crippen LogP) is 5.24. The molecule has 1 N–H and O–H groups in total. The van der Waals surface area contributed by atoms with Gasteiger partial charge in [0, 0.05) is 11.4 Å². The van der Waals surface area contributed by atoms with Crippen LogP contribution in [0, 0.1) is 0 Å². The first-order valence-corrected chi connectivity index (χ1v) is 8.82. The fourth-order valence-corrected chi connectivity index (χ4v) is 3.25. The topological polar surface area (TPSA) is 59.9 Å². The highest BCUT2D eigenvalue weighted by atomic mass is 32.2. The molecule has 1 amide bonds. The van der Waals surface area contributed by atoms with Crippen LogP contribution in [0.3, 0.4) is 0 Å². The van der Waals surface area contributed by atoms with Gasteiger partial charge >= 0.3 is 12.3 Å². The quantitative estimate of drug-likeness (QED) is 0.771. The number of hydrogen-bond donors (Lipinski definition) is 1. The van der Waals surface area contributed by atoms with Gasteiger partial charge in [-0.2, -0.15) is 13.2 Å². The number of ether oxygens (including phenoxy) is 2. The second-order valence-electron chi connectivity index (χ2n) is 5.54. The number of carbonyl (C=O) groups is 1. The van der Waals surface area contributed by atoms with Crippen molar-refractivity contribution in [3.8, 4) is 5.75 Å². The molecule has 0 bridgehead atoms. The van der Waals surface area contributed by atoms with E-state index in [-0.39, 0.29) is 12.3 Å². The van der Waals surface area contributed by atoms with Crippen LogP contribution in [-0.2, 0) is 16.7 Å². The lowest BCUT2D eigenvalue weighted by atomic mass is 10.2. The van der Waals surface area contributed by atoms with Crippen molar-refractivity contribution in [1.82, 2.24) is 0 Å². The summed E-state index contributed by atoms with van der Waals surface area (Å²) < 4.78 is 48.7. The maximum absolute atomic E-state index is 12.9. The number of methoxy groups -OCH3 is 1. The molecule has 0 atom stereocenters. The summed E-state index contributed by atoms with van der Waals surface area (Å²) >= 11 is 1.33. The summed E-state index contributed by atoms with van der Waals surface area (Å²) in [6.07, 6.45) is -5.02. The Kier molecular flexibility index (Phi) is 5.59. The highest BCUT2D eigenvalue weighted by Crippen LogP contribution is 2.39. The zero-order valence-electron chi connectivity index (χ0n) is 14.2. The number of hydrogen-bond acceptors (Lipinski definition) is 5. The number of nitrogens with zero attached hydrogens (tertiary/aromatic N) is 1. The number of fused-ring (bicyclic) bond motifs is 1. The molecule has 0 saturated carbocycles. The molecule has 5 nitrogen and oxygen atoms in total. The minimum atomic E-state index is -4.44. The third-order valence-corrected chi connectivity index (χ3v) is 4.71. The molecule has 0 spiro atoms. The Balaban J connectivity index is 1.75. The van der Waals surface area contributed by atoms with Crippen molar-refractivity contribution in [2.75, 3.05) is 19.0 Å². The number of carbonyl (C=O) groups excluding carboxylic acids is 1. The van der Waals surface area contributed by atoms with Gasteiger partial charge in [-0.3, -0.25) is 5.32 Å². The summed E-state index contributed by atoms with van der Waals surface area (Å²) in [5.74, 6) is 0.775. The van der Waals surface area contributed by atoms with E-state index in [0.29, 0.717) is 22.2 Å². The lowest BCUT2D eigenvalue weighted by Gasteiger charge is -2.18. The largest absolute Gasteiger partial charge is 0.484 e. The van der Waals surface area contributed by atoms with Gasteiger partial charge in [0.05, 0.1) is 12.7 Å². The zero-order valence-corrected chi connectivity index (χ0v) is 15.0. The monoisotopic (exact) mass is 396 g/mol. The van der Waals surface area contributed by atoms with E-state index < -0.39 is 17.8 Å². The van der Waals surface area contributed by atoms with Crippen LogP contribution in [0.2, 0.25) is 0 Å². The van der Waals surface area contributed by atoms with Crippen LogP contribution < -0.4 is 10.1 Å². The van der Waals surface area contributed by atoms with Crippen LogP contribution >= 0.6 is 11.8 Å². The summed E-state index contributed by atoms with van der Waals surface area (Å²) in [6.45, 7) is 0.176. The number of rotatable bonds is 3. The Labute approximate surface area is 157 Å². The van der Waals surface area contributed by atoms with Crippen molar-refractivity contribution < 1.29 is 27.4 Å². The van der Waals surface area contributed by atoms with Gasteiger partial charge in [-0.15, -0.1) is 11.8 Å². The minimum Gasteiger partial charge on any atom is -0.484 e. The predicted molar refractivity (Wildman–Crippen MR) is 97.8 cm³/mol. The second kappa shape index (κ2) is 7.91. The van der Waals surface area contributed by atoms with Crippen molar-refractivity contribution in [2.24, 2.45) is 4.99 Å². The summed E-state index contributed by atoms with van der Waals surface area (Å²) in [6, 6.07) is 10.4. The van der Waals surface area contributed by atoms with Crippen molar-refractivity contribution >= 4 is 34.3 Å². The Morgan fingerprint density at radius 2 is 2.07 bits per heavy atom. The van der Waals surface area contributed by atoms with Gasteiger partial charge in [0.1, 0.15) is 23.1 Å². The number of para-hydroxylation sites is 1. The van der Waals surface area contributed by atoms with E-state index in [1.807, 2.05) is 12.1 Å². The van der Waals surface area contributed by atoms with E-state index in [9.17, 15) is 18.0 Å². The zero-order chi connectivity index (χ0) is 19.4. The summed E-state index contributed by atoms with van der Waals surface area (Å²) in [4.78, 5) is 15.7. The molecule has 2 aromatic carbocycles. The highest BCUT2D eigenvalue weighted by molar-refractivity contribution is 8.13. The molecular weight excluding hydrogens is 381 g/mol. The third kappa shape index (κ3) is 4.73. The molecule has 1 aliphatic rings. The maximum Gasteiger partial charge on any atom is 0.416 e. The minimum absolute atomic E-state index is 0.152. The average Bonchev–Trinajstić information content (AvgIpc) is 2.65. The average molecular weight is 396 g/mol. The first-order chi connectivity index (χ1) is 12.9. The third-order valence-electron chi connectivity index (χ3n) is 3.72. The highest BCUT2D eigenvalue weighted by Gasteiger charge is 2.31. The van der Waals surface area contributed by atoms with Crippen molar-refractivity contribution in [3.05, 3.63) is 53.6 Å². The SMILES string of the molecule is COC(=O)Nc1ccccc1CSC1=Nc2cc(C(F)(F)F)ccc2OC1. The Hall–Kier alpha value is -2.68. The van der Waals surface area contributed by atoms with Crippen molar-refractivity contribution in [3.63, 3.8) is 0 Å². The van der Waals surface area contributed by atoms with Gasteiger partial charge in [-0.1, -0.05) is 18.2 Å². The van der Waals surface area contributed by atoms with Gasteiger partial charge < -0.3 is 9.47 Å². The van der Waals surface area contributed by atoms with E-state index >= 15 is 0 Å². The van der Waals surface area contributed by atoms with Gasteiger partial charge in [0.25, 0.3) is 0 Å². The van der Waals surface area contributed by atoms with Crippen LogP contribution in [0.15, 0.2) is 47.5 Å². The molecule has 0 radical (unpaired) electrons. The maximum atomic E-state index is 12.9. The van der Waals surface area contributed by atoms with E-state index in [0.717, 1.165) is 17.7 Å². The van der Waals surface area contributed by atoms with Crippen molar-refractivity contribution in [1.29, 1.82) is 0 Å². The van der Waals surface area contributed by atoms with Crippen LogP contribution in [0.1, 0.15) is 11.1 Å². The van der Waals surface area contributed by atoms with Gasteiger partial charge in [0.2, 0.25) is 0 Å². The number of alkyl halides is 3. The molecule has 1 aliphatic heterocycles. The number of nitrogens with one attached hydrogen (secondary N) is 1. The molecular formula is C18H15F3N2O3S. The number of thioether (sulfide) groups is 1. The van der Waals surface area contributed by atoms with Crippen LogP contribution in [0.25, 0.3) is 0 Å². The number of benzene rings is 2. The summed E-state index contributed by atoms with van der Waals surface area (Å²) in [5.41, 5.74) is 0.798. The van der Waals surface area contributed by atoms with E-state index in [1.165, 1.54) is 24.9 Å². The smallest absolute Gasteiger partial charge is 0.416 e. The molecule has 2 aromatic rings. The Bertz CT molecular complexity index is 884. The normalized spacial score (nSPS) is 13.3. The Morgan fingerprint density at radius 1 is 1.30 bits per heavy atom. The standard InChI is InChI=1S/C18H15F3N2O3S/c1-25-17(24)23-13-5-3-2-4-11(13)10-27-16-9-26-15-7-6-12(18(19,20)21)8-14(15)22-16/h2-8H,9-10H2,1H3,(H,23,24). The molecule has 9 heteroatoms. The number of aliphatic imine (C=N–C) groups is 1. The first kappa shape index (κ1) is 19.1. The van der Waals surface area contributed by atoms with E-state index in [1.54, 1.807) is 12.1 Å². The fraction of sp³-hybridized carbons (Fsp3) is 0.222. The Morgan fingerprint density at radius 3 is 2.81 bits per heavy atom. The molecule has 27 heavy (non-hydrogen) atoms. The molecule has 1 heterocycles. The van der Waals surface area contributed by atoms with E-state index in [4.69, 9.17) is 4.74 Å². The molecule has 0 fully saturated rings. The van der Waals surface area contributed by atoms with Crippen LogP contribution in [-0.4, -0.2) is 24.9 Å². The molecule has 0 aromatic heterocycles. The molecule has 142 valence electrons. The van der Waals surface area contributed by atoms with Gasteiger partial charge in [-0.05, 0) is 29.8 Å². The van der Waals surface area contributed by atoms with Gasteiger partial charge in [-0.25, -0.2) is 9.79 Å². The number of halogens is 3. The molecule has 0 unspecified atom stereocenters. The van der Waals surface area contributed by atoms with Gasteiger partial charge in [0.15, 0.2) is 0 Å². The lowest BCUT2D eigenvalue weighted by Crippen LogP contribution is -2.14. The molecule has 0 saturated heterocycles. The van der Waals surface area contributed by atoms with Crippen molar-refractivity contribution in [2.45, 2.75) is 11.9 Å². The van der Waals surface area contributed by atoms with E-state index in [2.05, 4.69) is 15.0 Å². The van der Waals surface area contributed by atoms with Crippen LogP contribution in [0.5, 0.6) is 5.75 Å². The summed E-state index contributed by atoms with van der Waals surface area (Å²) in [7, 11) is 1.27. The molecule has 3 rings (SSSR count). The number of anilines is 1. The summed E-state index contributed by atoms with van der Waals surface area (Å²) in [5, 5.41) is 3.17. The first-order valence-electron chi connectivity index (χ1n) is 7.84. The lowest BCUT2D eigenvalue weighted by molar-refractivity contribution is -0.137. The second-order valence-corrected chi connectivity index (χ2v) is 6.59. The molecule has 0 aliphatic carbocycles. The fourth-order valence-electron chi connectivity index (χ4n) is 2.37. The van der Waals surface area contributed by atoms with Crippen LogP contribution in [0.4, 0.5) is 29.3 Å².